The number of aromatic nitrogens is 2. The number of hydrogen-bond donors (Lipinski definition) is 1. The van der Waals surface area contributed by atoms with E-state index in [2.05, 4.69) is 34.2 Å². The molecule has 2 heterocycles. The van der Waals surface area contributed by atoms with Gasteiger partial charge in [-0.15, -0.1) is 0 Å². The Balaban J connectivity index is 2.41. The van der Waals surface area contributed by atoms with Gasteiger partial charge in [-0.05, 0) is 41.9 Å². The second kappa shape index (κ2) is 4.16. The Labute approximate surface area is 93.7 Å². The Hall–Kier alpha value is -1.13. The van der Waals surface area contributed by atoms with Crippen molar-refractivity contribution >= 4 is 11.3 Å². The first-order valence-electron chi connectivity index (χ1n) is 4.92. The molecule has 0 aliphatic rings. The molecule has 2 rings (SSSR count). The molecule has 1 atom stereocenters. The van der Waals surface area contributed by atoms with Gasteiger partial charge in [0, 0.05) is 13.2 Å². The van der Waals surface area contributed by atoms with E-state index in [0.29, 0.717) is 0 Å². The predicted octanol–water partition coefficient (Wildman–Crippen LogP) is 2.10. The number of nitrogens with one attached hydrogen (secondary N) is 1. The molecule has 2 aromatic rings. The fourth-order valence-electron chi connectivity index (χ4n) is 1.80. The lowest BCUT2D eigenvalue weighted by atomic mass is 10.0. The van der Waals surface area contributed by atoms with Gasteiger partial charge in [0.25, 0.3) is 0 Å². The summed E-state index contributed by atoms with van der Waals surface area (Å²) in [4.78, 5) is 0. The van der Waals surface area contributed by atoms with Crippen molar-refractivity contribution in [1.82, 2.24) is 15.1 Å². The molecular formula is C11H15N3S. The summed E-state index contributed by atoms with van der Waals surface area (Å²) in [6, 6.07) is 2.29. The fourth-order valence-corrected chi connectivity index (χ4v) is 2.67. The van der Waals surface area contributed by atoms with E-state index < -0.39 is 0 Å². The number of hydrogen-bond acceptors (Lipinski definition) is 3. The fraction of sp³-hybridized carbons (Fsp3) is 0.364. The minimum absolute atomic E-state index is 0.240. The third-order valence-electron chi connectivity index (χ3n) is 2.65. The van der Waals surface area contributed by atoms with Crippen LogP contribution in [0.15, 0.2) is 23.0 Å². The molecule has 2 aromatic heterocycles. The molecule has 0 aliphatic carbocycles. The van der Waals surface area contributed by atoms with Crippen LogP contribution in [0.3, 0.4) is 0 Å². The number of thiophene rings is 1. The Morgan fingerprint density at radius 3 is 2.73 bits per heavy atom. The number of rotatable bonds is 3. The minimum atomic E-state index is 0.240. The molecule has 0 fully saturated rings. The van der Waals surface area contributed by atoms with E-state index in [1.54, 1.807) is 11.3 Å². The lowest BCUT2D eigenvalue weighted by molar-refractivity contribution is 0.605. The summed E-state index contributed by atoms with van der Waals surface area (Å²) < 4.78 is 1.91. The zero-order valence-corrected chi connectivity index (χ0v) is 10.0. The summed E-state index contributed by atoms with van der Waals surface area (Å²) in [5.41, 5.74) is 3.87. The highest BCUT2D eigenvalue weighted by Crippen LogP contribution is 2.26. The van der Waals surface area contributed by atoms with E-state index in [1.165, 1.54) is 16.8 Å². The van der Waals surface area contributed by atoms with E-state index in [9.17, 15) is 0 Å². The summed E-state index contributed by atoms with van der Waals surface area (Å²) in [6.45, 7) is 2.15. The number of nitrogens with zero attached hydrogens (tertiary/aromatic N) is 2. The van der Waals surface area contributed by atoms with Crippen LogP contribution in [0.1, 0.15) is 22.9 Å². The van der Waals surface area contributed by atoms with Crippen LogP contribution < -0.4 is 5.32 Å². The SMILES string of the molecule is CNC(c1cscc1C)c1ccnn1C. The van der Waals surface area contributed by atoms with Gasteiger partial charge in [0.15, 0.2) is 0 Å². The molecule has 15 heavy (non-hydrogen) atoms. The molecule has 1 N–H and O–H groups in total. The summed E-state index contributed by atoms with van der Waals surface area (Å²) in [6.07, 6.45) is 1.83. The van der Waals surface area contributed by atoms with Gasteiger partial charge in [0.2, 0.25) is 0 Å². The van der Waals surface area contributed by atoms with E-state index in [4.69, 9.17) is 0 Å². The van der Waals surface area contributed by atoms with Gasteiger partial charge < -0.3 is 5.32 Å². The monoisotopic (exact) mass is 221 g/mol. The van der Waals surface area contributed by atoms with Crippen molar-refractivity contribution in [2.24, 2.45) is 7.05 Å². The molecule has 0 amide bonds. The quantitative estimate of drug-likeness (QED) is 0.860. The van der Waals surface area contributed by atoms with Crippen molar-refractivity contribution in [2.45, 2.75) is 13.0 Å². The summed E-state index contributed by atoms with van der Waals surface area (Å²) in [7, 11) is 3.95. The van der Waals surface area contributed by atoms with Crippen LogP contribution in [0, 0.1) is 6.92 Å². The standard InChI is InChI=1S/C11H15N3S/c1-8-6-15-7-9(8)11(12-2)10-4-5-13-14(10)3/h4-7,11-12H,1-3H3. The van der Waals surface area contributed by atoms with Gasteiger partial charge in [-0.1, -0.05) is 0 Å². The third-order valence-corrected chi connectivity index (χ3v) is 3.53. The first-order valence-corrected chi connectivity index (χ1v) is 5.86. The Bertz CT molecular complexity index is 404. The van der Waals surface area contributed by atoms with Crippen LogP contribution in [0.4, 0.5) is 0 Å². The molecule has 3 nitrogen and oxygen atoms in total. The van der Waals surface area contributed by atoms with Gasteiger partial charge in [-0.25, -0.2) is 0 Å². The Morgan fingerprint density at radius 1 is 1.47 bits per heavy atom. The molecule has 1 unspecified atom stereocenters. The van der Waals surface area contributed by atoms with Gasteiger partial charge in [-0.3, -0.25) is 4.68 Å². The maximum atomic E-state index is 4.21. The van der Waals surface area contributed by atoms with Gasteiger partial charge in [0.05, 0.1) is 11.7 Å². The highest BCUT2D eigenvalue weighted by atomic mass is 32.1. The van der Waals surface area contributed by atoms with Crippen LogP contribution in [-0.4, -0.2) is 16.8 Å². The predicted molar refractivity (Wildman–Crippen MR) is 63.2 cm³/mol. The molecule has 0 spiro atoms. The van der Waals surface area contributed by atoms with Crippen LogP contribution in [0.5, 0.6) is 0 Å². The summed E-state index contributed by atoms with van der Waals surface area (Å²) >= 11 is 1.74. The smallest absolute Gasteiger partial charge is 0.0756 e. The normalized spacial score (nSPS) is 13.0. The minimum Gasteiger partial charge on any atom is -0.308 e. The van der Waals surface area contributed by atoms with Crippen LogP contribution in [-0.2, 0) is 7.05 Å². The lowest BCUT2D eigenvalue weighted by Gasteiger charge is -2.16. The topological polar surface area (TPSA) is 29.9 Å². The second-order valence-electron chi connectivity index (χ2n) is 3.61. The Morgan fingerprint density at radius 2 is 2.27 bits per heavy atom. The zero-order chi connectivity index (χ0) is 10.8. The molecule has 0 aliphatic heterocycles. The second-order valence-corrected chi connectivity index (χ2v) is 4.36. The van der Waals surface area contributed by atoms with Crippen molar-refractivity contribution in [3.8, 4) is 0 Å². The van der Waals surface area contributed by atoms with Crippen LogP contribution >= 0.6 is 11.3 Å². The maximum Gasteiger partial charge on any atom is 0.0756 e. The van der Waals surface area contributed by atoms with Crippen molar-refractivity contribution in [1.29, 1.82) is 0 Å². The molecule has 0 aromatic carbocycles. The van der Waals surface area contributed by atoms with Crippen molar-refractivity contribution in [3.05, 3.63) is 39.8 Å². The van der Waals surface area contributed by atoms with E-state index in [0.717, 1.165) is 0 Å². The maximum absolute atomic E-state index is 4.21. The molecule has 0 saturated carbocycles. The van der Waals surface area contributed by atoms with Crippen LogP contribution in [0.2, 0.25) is 0 Å². The first kappa shape index (κ1) is 10.4. The summed E-state index contributed by atoms with van der Waals surface area (Å²) in [5, 5.41) is 11.9. The van der Waals surface area contributed by atoms with E-state index >= 15 is 0 Å². The highest BCUT2D eigenvalue weighted by Gasteiger charge is 2.17. The Kier molecular flexibility index (Phi) is 2.88. The average molecular weight is 221 g/mol. The molecule has 80 valence electrons. The van der Waals surface area contributed by atoms with Crippen molar-refractivity contribution in [2.75, 3.05) is 7.05 Å². The molecule has 0 bridgehead atoms. The zero-order valence-electron chi connectivity index (χ0n) is 9.19. The van der Waals surface area contributed by atoms with E-state index in [1.807, 2.05) is 25.0 Å². The molecule has 4 heteroatoms. The molecule has 0 radical (unpaired) electrons. The molecule has 0 saturated heterocycles. The summed E-state index contributed by atoms with van der Waals surface area (Å²) in [5.74, 6) is 0. The average Bonchev–Trinajstić information content (AvgIpc) is 2.80. The molecular weight excluding hydrogens is 206 g/mol. The highest BCUT2D eigenvalue weighted by molar-refractivity contribution is 7.08. The first-order chi connectivity index (χ1) is 7.24. The van der Waals surface area contributed by atoms with Crippen LogP contribution in [0.25, 0.3) is 0 Å². The number of aryl methyl sites for hydroxylation is 2. The largest absolute Gasteiger partial charge is 0.308 e. The van der Waals surface area contributed by atoms with Crippen molar-refractivity contribution in [3.63, 3.8) is 0 Å². The van der Waals surface area contributed by atoms with Crippen molar-refractivity contribution < 1.29 is 0 Å². The van der Waals surface area contributed by atoms with Gasteiger partial charge in [-0.2, -0.15) is 16.4 Å². The van der Waals surface area contributed by atoms with Gasteiger partial charge in [0.1, 0.15) is 0 Å². The third kappa shape index (κ3) is 1.82. The van der Waals surface area contributed by atoms with Gasteiger partial charge >= 0.3 is 0 Å². The van der Waals surface area contributed by atoms with E-state index in [-0.39, 0.29) is 6.04 Å². The lowest BCUT2D eigenvalue weighted by Crippen LogP contribution is -2.20.